The average molecular weight is 533 g/mol. The number of benzene rings is 3. The van der Waals surface area contributed by atoms with Gasteiger partial charge in [-0.1, -0.05) is 0 Å². The lowest BCUT2D eigenvalue weighted by molar-refractivity contribution is -0.115. The molecule has 2 N–H and O–H groups in total. The van der Waals surface area contributed by atoms with E-state index in [-0.39, 0.29) is 16.5 Å². The molecule has 3 aromatic rings. The number of sulfonamides is 1. The van der Waals surface area contributed by atoms with Crippen LogP contribution in [0.1, 0.15) is 6.92 Å². The number of carbonyl (C=O) groups excluding carboxylic acids is 1. The third kappa shape index (κ3) is 6.55. The Morgan fingerprint density at radius 2 is 1.44 bits per heavy atom. The third-order valence-corrected chi connectivity index (χ3v) is 7.60. The van der Waals surface area contributed by atoms with Gasteiger partial charge in [0.05, 0.1) is 44.3 Å². The highest BCUT2D eigenvalue weighted by Crippen LogP contribution is 2.34. The lowest BCUT2D eigenvalue weighted by atomic mass is 10.3. The number of amides is 1. The third-order valence-electron chi connectivity index (χ3n) is 5.12. The molecule has 0 fully saturated rings. The molecule has 192 valence electrons. The minimum absolute atomic E-state index is 0.0260. The van der Waals surface area contributed by atoms with Crippen LogP contribution in [-0.4, -0.2) is 48.0 Å². The number of rotatable bonds is 11. The van der Waals surface area contributed by atoms with Crippen molar-refractivity contribution >= 4 is 39.1 Å². The van der Waals surface area contributed by atoms with Gasteiger partial charge in [-0.3, -0.25) is 9.52 Å². The van der Waals surface area contributed by atoms with Gasteiger partial charge in [0.15, 0.2) is 11.5 Å². The number of hydrogen-bond acceptors (Lipinski definition) is 8. The van der Waals surface area contributed by atoms with Crippen LogP contribution in [-0.2, 0) is 14.8 Å². The molecule has 0 spiro atoms. The van der Waals surface area contributed by atoms with Gasteiger partial charge in [-0.2, -0.15) is 0 Å². The summed E-state index contributed by atoms with van der Waals surface area (Å²) < 4.78 is 49.2. The zero-order valence-electron chi connectivity index (χ0n) is 20.5. The summed E-state index contributed by atoms with van der Waals surface area (Å²) in [5, 5.41) is 2.38. The topological polar surface area (TPSA) is 112 Å². The maximum Gasteiger partial charge on any atom is 0.262 e. The van der Waals surface area contributed by atoms with E-state index in [4.69, 9.17) is 18.9 Å². The molecule has 11 heteroatoms. The first-order chi connectivity index (χ1) is 17.2. The second kappa shape index (κ2) is 11.9. The molecule has 3 aromatic carbocycles. The second-order valence-electron chi connectivity index (χ2n) is 7.46. The van der Waals surface area contributed by atoms with Crippen molar-refractivity contribution in [2.75, 3.05) is 38.5 Å². The predicted octanol–water partition coefficient (Wildman–Crippen LogP) is 4.64. The van der Waals surface area contributed by atoms with Gasteiger partial charge >= 0.3 is 0 Å². The molecule has 9 nitrogen and oxygen atoms in total. The number of nitrogens with one attached hydrogen (secondary N) is 2. The van der Waals surface area contributed by atoms with Crippen molar-refractivity contribution < 1.29 is 32.2 Å². The van der Waals surface area contributed by atoms with E-state index in [9.17, 15) is 13.2 Å². The quantitative estimate of drug-likeness (QED) is 0.344. The van der Waals surface area contributed by atoms with Crippen LogP contribution in [0.4, 0.5) is 11.4 Å². The number of anilines is 2. The van der Waals surface area contributed by atoms with Crippen LogP contribution in [0.2, 0.25) is 0 Å². The van der Waals surface area contributed by atoms with E-state index in [0.29, 0.717) is 28.7 Å². The molecule has 36 heavy (non-hydrogen) atoms. The molecular weight excluding hydrogens is 504 g/mol. The molecule has 3 rings (SSSR count). The van der Waals surface area contributed by atoms with Crippen LogP contribution in [0.3, 0.4) is 0 Å². The molecule has 0 aromatic heterocycles. The number of ether oxygens (including phenoxy) is 4. The van der Waals surface area contributed by atoms with Crippen molar-refractivity contribution in [2.24, 2.45) is 0 Å². The van der Waals surface area contributed by atoms with Gasteiger partial charge in [0.1, 0.15) is 11.5 Å². The fourth-order valence-electron chi connectivity index (χ4n) is 3.21. The van der Waals surface area contributed by atoms with Crippen molar-refractivity contribution in [3.63, 3.8) is 0 Å². The SMILES string of the molecule is COc1ccc(OC)c(NS(=O)(=O)c2ccc(NC(=O)[C@H](C)Sc3ccc(OC)c(OC)c3)cc2)c1. The predicted molar refractivity (Wildman–Crippen MR) is 140 cm³/mol. The Balaban J connectivity index is 1.67. The summed E-state index contributed by atoms with van der Waals surface area (Å²) in [5.74, 6) is 1.78. The summed E-state index contributed by atoms with van der Waals surface area (Å²) >= 11 is 1.36. The van der Waals surface area contributed by atoms with Gasteiger partial charge in [0.2, 0.25) is 5.91 Å². The van der Waals surface area contributed by atoms with Crippen molar-refractivity contribution in [2.45, 2.75) is 22.0 Å². The van der Waals surface area contributed by atoms with Gasteiger partial charge in [-0.15, -0.1) is 11.8 Å². The Bertz CT molecular complexity index is 1310. The Kier molecular flexibility index (Phi) is 8.94. The van der Waals surface area contributed by atoms with Crippen molar-refractivity contribution in [1.29, 1.82) is 0 Å². The van der Waals surface area contributed by atoms with Crippen LogP contribution in [0.25, 0.3) is 0 Å². The van der Waals surface area contributed by atoms with Crippen LogP contribution in [0.5, 0.6) is 23.0 Å². The Morgan fingerprint density at radius 3 is 2.06 bits per heavy atom. The summed E-state index contributed by atoms with van der Waals surface area (Å²) in [6.45, 7) is 1.78. The lowest BCUT2D eigenvalue weighted by Crippen LogP contribution is -2.22. The Hall–Kier alpha value is -3.57. The number of thioether (sulfide) groups is 1. The summed E-state index contributed by atoms with van der Waals surface area (Å²) in [4.78, 5) is 13.6. The van der Waals surface area contributed by atoms with Gasteiger partial charge in [-0.25, -0.2) is 8.42 Å². The standard InChI is InChI=1S/C25H28N2O7S2/c1-16(35-19-9-13-23(33-4)24(15-19)34-5)25(28)26-17-6-10-20(11-7-17)36(29,30)27-21-14-18(31-2)8-12-22(21)32-3/h6-16,27H,1-5H3,(H,26,28)/t16-/m0/s1. The smallest absolute Gasteiger partial charge is 0.262 e. The maximum atomic E-state index is 12.9. The highest BCUT2D eigenvalue weighted by Gasteiger charge is 2.19. The van der Waals surface area contributed by atoms with Crippen molar-refractivity contribution in [3.8, 4) is 23.0 Å². The van der Waals surface area contributed by atoms with Crippen LogP contribution in [0, 0.1) is 0 Å². The largest absolute Gasteiger partial charge is 0.497 e. The first-order valence-corrected chi connectivity index (χ1v) is 13.1. The second-order valence-corrected chi connectivity index (χ2v) is 10.6. The number of methoxy groups -OCH3 is 4. The zero-order valence-corrected chi connectivity index (χ0v) is 22.2. The molecule has 0 saturated carbocycles. The number of carbonyl (C=O) groups is 1. The van der Waals surface area contributed by atoms with Crippen LogP contribution < -0.4 is 29.0 Å². The van der Waals surface area contributed by atoms with Crippen LogP contribution in [0.15, 0.2) is 70.5 Å². The molecule has 0 aliphatic heterocycles. The molecule has 1 atom stereocenters. The van der Waals surface area contributed by atoms with E-state index in [0.717, 1.165) is 4.90 Å². The first kappa shape index (κ1) is 27.0. The van der Waals surface area contributed by atoms with Crippen LogP contribution >= 0.6 is 11.8 Å². The molecule has 0 unspecified atom stereocenters. The minimum atomic E-state index is -3.91. The maximum absolute atomic E-state index is 12.9. The molecule has 0 heterocycles. The van der Waals surface area contributed by atoms with E-state index >= 15 is 0 Å². The summed E-state index contributed by atoms with van der Waals surface area (Å²) in [6.07, 6.45) is 0. The van der Waals surface area contributed by atoms with E-state index in [2.05, 4.69) is 10.0 Å². The fraction of sp³-hybridized carbons (Fsp3) is 0.240. The first-order valence-electron chi connectivity index (χ1n) is 10.7. The van der Waals surface area contributed by atoms with Gasteiger partial charge < -0.3 is 24.3 Å². The summed E-state index contributed by atoms with van der Waals surface area (Å²) in [5.41, 5.74) is 0.716. The summed E-state index contributed by atoms with van der Waals surface area (Å²) in [7, 11) is 2.13. The minimum Gasteiger partial charge on any atom is -0.497 e. The molecule has 1 amide bonds. The zero-order chi connectivity index (χ0) is 26.3. The fourth-order valence-corrected chi connectivity index (χ4v) is 5.16. The van der Waals surface area contributed by atoms with Crippen molar-refractivity contribution in [1.82, 2.24) is 0 Å². The normalized spacial score (nSPS) is 11.8. The van der Waals surface area contributed by atoms with E-state index in [1.165, 1.54) is 56.3 Å². The molecule has 0 bridgehead atoms. The number of hydrogen-bond donors (Lipinski definition) is 2. The van der Waals surface area contributed by atoms with Gasteiger partial charge in [0, 0.05) is 16.6 Å². The van der Waals surface area contributed by atoms with E-state index < -0.39 is 15.3 Å². The summed E-state index contributed by atoms with van der Waals surface area (Å²) in [6, 6.07) is 16.1. The van der Waals surface area contributed by atoms with E-state index in [1.807, 2.05) is 6.07 Å². The monoisotopic (exact) mass is 532 g/mol. The van der Waals surface area contributed by atoms with E-state index in [1.54, 1.807) is 45.4 Å². The highest BCUT2D eigenvalue weighted by atomic mass is 32.2. The van der Waals surface area contributed by atoms with Gasteiger partial charge in [-0.05, 0) is 61.5 Å². The average Bonchev–Trinajstić information content (AvgIpc) is 2.88. The molecule has 0 aliphatic carbocycles. The lowest BCUT2D eigenvalue weighted by Gasteiger charge is -2.15. The molecule has 0 aliphatic rings. The molecule has 0 radical (unpaired) electrons. The van der Waals surface area contributed by atoms with Crippen molar-refractivity contribution in [3.05, 3.63) is 60.7 Å². The Labute approximate surface area is 215 Å². The molecular formula is C25H28N2O7S2. The molecule has 0 saturated heterocycles. The van der Waals surface area contributed by atoms with Gasteiger partial charge in [0.25, 0.3) is 10.0 Å². The highest BCUT2D eigenvalue weighted by molar-refractivity contribution is 8.00. The Morgan fingerprint density at radius 1 is 0.806 bits per heavy atom.